The van der Waals surface area contributed by atoms with E-state index in [1.54, 1.807) is 11.8 Å². The average molecular weight is 316 g/mol. The van der Waals surface area contributed by atoms with E-state index in [1.807, 2.05) is 0 Å². The number of carbonyl (C=O) groups is 1. The van der Waals surface area contributed by atoms with Crippen LogP contribution in [0.5, 0.6) is 0 Å². The third kappa shape index (κ3) is 2.83. The summed E-state index contributed by atoms with van der Waals surface area (Å²) in [4.78, 5) is 12.4. The lowest BCUT2D eigenvalue weighted by Crippen LogP contribution is -2.42. The molecular weight excluding hydrogens is 301 g/mol. The summed E-state index contributed by atoms with van der Waals surface area (Å²) >= 11 is 1.79. The minimum absolute atomic E-state index is 0.0981. The first-order chi connectivity index (χ1) is 10.0. The van der Waals surface area contributed by atoms with Crippen molar-refractivity contribution in [2.45, 2.75) is 24.9 Å². The Bertz CT molecular complexity index is 547. The summed E-state index contributed by atoms with van der Waals surface area (Å²) < 4.78 is 45.3. The predicted molar refractivity (Wildman–Crippen MR) is 74.0 cm³/mol. The van der Waals surface area contributed by atoms with Crippen LogP contribution in [0.2, 0.25) is 0 Å². The number of rotatable bonds is 2. The molecule has 6 heteroatoms. The van der Waals surface area contributed by atoms with Crippen LogP contribution in [0.25, 0.3) is 0 Å². The Kier molecular flexibility index (Phi) is 4.01. The first kappa shape index (κ1) is 14.9. The number of halogens is 3. The van der Waals surface area contributed by atoms with Crippen LogP contribution in [0, 0.1) is 23.4 Å². The van der Waals surface area contributed by atoms with Crippen LogP contribution in [0.15, 0.2) is 12.1 Å². The number of Topliss-reactive ketones (excluding diaryl/α,β-unsaturated/α-hetero) is 1. The minimum atomic E-state index is -1.54. The number of benzene rings is 1. The second-order valence-electron chi connectivity index (χ2n) is 5.64. The zero-order valence-electron chi connectivity index (χ0n) is 11.3. The van der Waals surface area contributed by atoms with E-state index in [-0.39, 0.29) is 22.9 Å². The lowest BCUT2D eigenvalue weighted by atomic mass is 9.81. The van der Waals surface area contributed by atoms with Crippen molar-refractivity contribution in [3.8, 4) is 0 Å². The van der Waals surface area contributed by atoms with Gasteiger partial charge in [0.1, 0.15) is 0 Å². The zero-order valence-corrected chi connectivity index (χ0v) is 12.1. The van der Waals surface area contributed by atoms with Crippen molar-refractivity contribution in [3.63, 3.8) is 0 Å². The fourth-order valence-electron chi connectivity index (χ4n) is 3.05. The van der Waals surface area contributed by atoms with Gasteiger partial charge in [0.2, 0.25) is 0 Å². The van der Waals surface area contributed by atoms with Crippen molar-refractivity contribution in [1.29, 1.82) is 0 Å². The molecule has 2 atom stereocenters. The third-order valence-corrected chi connectivity index (χ3v) is 5.42. The standard InChI is InChI=1S/C15H15F3O2S/c16-11-5-10(6-12(17)13(11)18)14(19)9-1-3-20-15(7-9)2-4-21-8-15/h5-6,9H,1-4,7-8H2. The molecule has 114 valence electrons. The number of hydrogen-bond acceptors (Lipinski definition) is 3. The van der Waals surface area contributed by atoms with Crippen molar-refractivity contribution in [2.75, 3.05) is 18.1 Å². The lowest BCUT2D eigenvalue weighted by Gasteiger charge is -2.37. The van der Waals surface area contributed by atoms with E-state index in [9.17, 15) is 18.0 Å². The van der Waals surface area contributed by atoms with E-state index in [4.69, 9.17) is 4.74 Å². The molecule has 1 aromatic carbocycles. The molecule has 0 saturated carbocycles. The highest BCUT2D eigenvalue weighted by Gasteiger charge is 2.42. The van der Waals surface area contributed by atoms with Crippen LogP contribution in [0.1, 0.15) is 29.6 Å². The van der Waals surface area contributed by atoms with Crippen molar-refractivity contribution in [1.82, 2.24) is 0 Å². The molecule has 3 rings (SSSR count). The van der Waals surface area contributed by atoms with Gasteiger partial charge >= 0.3 is 0 Å². The normalized spacial score (nSPS) is 29.0. The summed E-state index contributed by atoms with van der Waals surface area (Å²) in [6.45, 7) is 0.475. The molecule has 2 saturated heterocycles. The summed E-state index contributed by atoms with van der Waals surface area (Å²) in [7, 11) is 0. The van der Waals surface area contributed by atoms with Crippen molar-refractivity contribution < 1.29 is 22.7 Å². The van der Waals surface area contributed by atoms with Crippen LogP contribution < -0.4 is 0 Å². The average Bonchev–Trinajstić information content (AvgIpc) is 2.91. The fourth-order valence-corrected chi connectivity index (χ4v) is 4.43. The molecule has 2 unspecified atom stereocenters. The van der Waals surface area contributed by atoms with Gasteiger partial charge in [-0.2, -0.15) is 11.8 Å². The molecule has 21 heavy (non-hydrogen) atoms. The van der Waals surface area contributed by atoms with Crippen LogP contribution >= 0.6 is 11.8 Å². The molecule has 0 bridgehead atoms. The first-order valence-corrected chi connectivity index (χ1v) is 8.07. The maximum absolute atomic E-state index is 13.3. The van der Waals surface area contributed by atoms with Gasteiger partial charge in [0.15, 0.2) is 23.2 Å². The molecule has 1 spiro atoms. The van der Waals surface area contributed by atoms with Gasteiger partial charge in [0, 0.05) is 23.8 Å². The molecule has 2 aliphatic heterocycles. The maximum atomic E-state index is 13.3. The molecule has 2 nitrogen and oxygen atoms in total. The molecule has 0 aromatic heterocycles. The number of thioether (sulfide) groups is 1. The minimum Gasteiger partial charge on any atom is -0.374 e. The first-order valence-electron chi connectivity index (χ1n) is 6.91. The molecule has 2 heterocycles. The Morgan fingerprint density at radius 2 is 2.00 bits per heavy atom. The third-order valence-electron chi connectivity index (χ3n) is 4.20. The van der Waals surface area contributed by atoms with Gasteiger partial charge in [-0.15, -0.1) is 0 Å². The molecule has 0 amide bonds. The Labute approximate surface area is 125 Å². The van der Waals surface area contributed by atoms with Crippen molar-refractivity contribution >= 4 is 17.5 Å². The summed E-state index contributed by atoms with van der Waals surface area (Å²) in [6, 6.07) is 1.57. The van der Waals surface area contributed by atoms with Gasteiger partial charge < -0.3 is 4.74 Å². The molecule has 0 aliphatic carbocycles. The van der Waals surface area contributed by atoms with Gasteiger partial charge in [0.25, 0.3) is 0 Å². The summed E-state index contributed by atoms with van der Waals surface area (Å²) in [6.07, 6.45) is 2.00. The number of ether oxygens (including phenoxy) is 1. The smallest absolute Gasteiger partial charge is 0.194 e. The van der Waals surface area contributed by atoms with Crippen molar-refractivity contribution in [2.24, 2.45) is 5.92 Å². The summed E-state index contributed by atoms with van der Waals surface area (Å²) in [5.41, 5.74) is -0.375. The van der Waals surface area contributed by atoms with Gasteiger partial charge in [0.05, 0.1) is 5.60 Å². The number of ketones is 1. The van der Waals surface area contributed by atoms with E-state index < -0.39 is 17.5 Å². The molecule has 2 fully saturated rings. The fraction of sp³-hybridized carbons (Fsp3) is 0.533. The van der Waals surface area contributed by atoms with Crippen LogP contribution in [-0.4, -0.2) is 29.5 Å². The van der Waals surface area contributed by atoms with E-state index in [1.165, 1.54) is 0 Å². The van der Waals surface area contributed by atoms with Gasteiger partial charge in [-0.05, 0) is 37.1 Å². The molecule has 0 radical (unpaired) electrons. The Balaban J connectivity index is 1.81. The largest absolute Gasteiger partial charge is 0.374 e. The zero-order chi connectivity index (χ0) is 15.0. The summed E-state index contributed by atoms with van der Waals surface area (Å²) in [5, 5.41) is 0. The quantitative estimate of drug-likeness (QED) is 0.616. The Morgan fingerprint density at radius 3 is 2.62 bits per heavy atom. The predicted octanol–water partition coefficient (Wildman–Crippen LogP) is 3.59. The highest BCUT2D eigenvalue weighted by molar-refractivity contribution is 7.99. The Hall–Kier alpha value is -1.01. The van der Waals surface area contributed by atoms with E-state index in [0.29, 0.717) is 19.4 Å². The SMILES string of the molecule is O=C(c1cc(F)c(F)c(F)c1)C1CCOC2(CCSC2)C1. The maximum Gasteiger partial charge on any atom is 0.194 e. The second-order valence-corrected chi connectivity index (χ2v) is 6.75. The topological polar surface area (TPSA) is 26.3 Å². The highest BCUT2D eigenvalue weighted by atomic mass is 32.2. The van der Waals surface area contributed by atoms with Crippen LogP contribution in [0.3, 0.4) is 0 Å². The molecule has 0 N–H and O–H groups in total. The highest BCUT2D eigenvalue weighted by Crippen LogP contribution is 2.41. The van der Waals surface area contributed by atoms with Gasteiger partial charge in [-0.3, -0.25) is 4.79 Å². The Morgan fingerprint density at radius 1 is 1.29 bits per heavy atom. The van der Waals surface area contributed by atoms with E-state index >= 15 is 0 Å². The van der Waals surface area contributed by atoms with E-state index in [0.717, 1.165) is 30.1 Å². The number of hydrogen-bond donors (Lipinski definition) is 0. The van der Waals surface area contributed by atoms with Crippen LogP contribution in [-0.2, 0) is 4.74 Å². The molecule has 1 aromatic rings. The second kappa shape index (κ2) is 5.65. The van der Waals surface area contributed by atoms with Gasteiger partial charge in [-0.25, -0.2) is 13.2 Å². The van der Waals surface area contributed by atoms with Crippen LogP contribution in [0.4, 0.5) is 13.2 Å². The van der Waals surface area contributed by atoms with Crippen molar-refractivity contribution in [3.05, 3.63) is 35.1 Å². The number of carbonyl (C=O) groups excluding carboxylic acids is 1. The monoisotopic (exact) mass is 316 g/mol. The molecular formula is C15H15F3O2S. The van der Waals surface area contributed by atoms with E-state index in [2.05, 4.69) is 0 Å². The summed E-state index contributed by atoms with van der Waals surface area (Å²) in [5.74, 6) is -2.98. The lowest BCUT2D eigenvalue weighted by molar-refractivity contribution is -0.0734. The van der Waals surface area contributed by atoms with Gasteiger partial charge in [-0.1, -0.05) is 0 Å². The molecule has 2 aliphatic rings.